The monoisotopic (exact) mass is 456 g/mol. The predicted molar refractivity (Wildman–Crippen MR) is 135 cm³/mol. The lowest BCUT2D eigenvalue weighted by molar-refractivity contribution is -0.0311. The first-order chi connectivity index (χ1) is 16.2. The highest BCUT2D eigenvalue weighted by Crippen LogP contribution is 2.40. The molecular formula is C29H28O3S. The van der Waals surface area contributed by atoms with Gasteiger partial charge in [-0.2, -0.15) is 0 Å². The first-order valence-electron chi connectivity index (χ1n) is 11.0. The van der Waals surface area contributed by atoms with Gasteiger partial charge in [-0.1, -0.05) is 103 Å². The van der Waals surface area contributed by atoms with Gasteiger partial charge in [0.1, 0.15) is 11.4 Å². The molecular weight excluding hydrogens is 428 g/mol. The zero-order valence-corrected chi connectivity index (χ0v) is 19.4. The highest BCUT2D eigenvalue weighted by atomic mass is 32.2. The number of hydrogen-bond acceptors (Lipinski definition) is 4. The molecule has 0 saturated heterocycles. The molecule has 0 radical (unpaired) electrons. The largest absolute Gasteiger partial charge is 0.496 e. The summed E-state index contributed by atoms with van der Waals surface area (Å²) in [7, 11) is 1.66. The summed E-state index contributed by atoms with van der Waals surface area (Å²) in [5.74, 6) is 1.30. The minimum atomic E-state index is -0.833. The van der Waals surface area contributed by atoms with Crippen molar-refractivity contribution in [2.45, 2.75) is 16.6 Å². The first-order valence-corrected chi connectivity index (χ1v) is 12.0. The van der Waals surface area contributed by atoms with Gasteiger partial charge in [0.2, 0.25) is 0 Å². The molecule has 0 heterocycles. The van der Waals surface area contributed by atoms with Crippen molar-refractivity contribution in [2.24, 2.45) is 0 Å². The Hall–Kier alpha value is -3.05. The topological polar surface area (TPSA) is 38.7 Å². The Morgan fingerprint density at radius 2 is 1.15 bits per heavy atom. The van der Waals surface area contributed by atoms with Crippen molar-refractivity contribution in [3.05, 3.63) is 132 Å². The van der Waals surface area contributed by atoms with Gasteiger partial charge in [0.15, 0.2) is 0 Å². The van der Waals surface area contributed by atoms with Crippen molar-refractivity contribution in [1.82, 2.24) is 0 Å². The van der Waals surface area contributed by atoms with Crippen LogP contribution in [0.4, 0.5) is 0 Å². The number of aliphatic hydroxyl groups excluding tert-OH is 1. The summed E-state index contributed by atoms with van der Waals surface area (Å²) in [6, 6.07) is 38.4. The number of benzene rings is 4. The van der Waals surface area contributed by atoms with E-state index in [1.807, 2.05) is 78.9 Å². The van der Waals surface area contributed by atoms with Crippen LogP contribution in [0.1, 0.15) is 16.7 Å². The molecule has 0 aromatic heterocycles. The number of methoxy groups -OCH3 is 1. The maximum Gasteiger partial charge on any atom is 0.143 e. The van der Waals surface area contributed by atoms with Gasteiger partial charge in [-0.15, -0.1) is 11.8 Å². The predicted octanol–water partition coefficient (Wildman–Crippen LogP) is 6.16. The van der Waals surface area contributed by atoms with Crippen LogP contribution >= 0.6 is 11.8 Å². The summed E-state index contributed by atoms with van der Waals surface area (Å²) in [6.07, 6.45) is -0.657. The fraction of sp³-hybridized carbons (Fsp3) is 0.172. The molecule has 0 amide bonds. The Labute approximate surface area is 200 Å². The fourth-order valence-electron chi connectivity index (χ4n) is 3.96. The fourth-order valence-corrected chi connectivity index (χ4v) is 4.90. The summed E-state index contributed by atoms with van der Waals surface area (Å²) in [6.45, 7) is 0.181. The molecule has 0 saturated carbocycles. The van der Waals surface area contributed by atoms with Crippen molar-refractivity contribution >= 4 is 11.8 Å². The van der Waals surface area contributed by atoms with Crippen LogP contribution in [0.15, 0.2) is 120 Å². The molecule has 0 bridgehead atoms. The molecule has 168 valence electrons. The Kier molecular flexibility index (Phi) is 7.84. The lowest BCUT2D eigenvalue weighted by atomic mass is 9.80. The second kappa shape index (κ2) is 11.2. The third-order valence-electron chi connectivity index (χ3n) is 5.53. The Balaban J connectivity index is 1.63. The standard InChI is InChI=1S/C29H28O3S/c1-31-27-19-11-12-20-28(27)33-22-26(30)21-32-29(23-13-5-2-6-14-23,24-15-7-3-8-16-24)25-17-9-4-10-18-25/h2-20,26,30H,21-22H2,1H3/t26-/m0/s1. The van der Waals surface area contributed by atoms with Gasteiger partial charge in [-0.25, -0.2) is 0 Å². The number of ether oxygens (including phenoxy) is 2. The summed E-state index contributed by atoms with van der Waals surface area (Å²) >= 11 is 1.56. The van der Waals surface area contributed by atoms with E-state index in [4.69, 9.17) is 9.47 Å². The number of hydrogen-bond donors (Lipinski definition) is 1. The van der Waals surface area contributed by atoms with E-state index in [1.54, 1.807) is 18.9 Å². The van der Waals surface area contributed by atoms with E-state index in [0.29, 0.717) is 5.75 Å². The molecule has 1 atom stereocenters. The van der Waals surface area contributed by atoms with Crippen LogP contribution in [-0.4, -0.2) is 30.7 Å². The van der Waals surface area contributed by atoms with Crippen LogP contribution in [-0.2, 0) is 10.3 Å². The average molecular weight is 457 g/mol. The lowest BCUT2D eigenvalue weighted by Crippen LogP contribution is -2.36. The summed E-state index contributed by atoms with van der Waals surface area (Å²) in [5.41, 5.74) is 2.23. The average Bonchev–Trinajstić information content (AvgIpc) is 2.90. The van der Waals surface area contributed by atoms with E-state index < -0.39 is 11.7 Å². The van der Waals surface area contributed by atoms with Gasteiger partial charge in [-0.05, 0) is 28.8 Å². The van der Waals surface area contributed by atoms with Gasteiger partial charge >= 0.3 is 0 Å². The number of rotatable bonds is 10. The second-order valence-corrected chi connectivity index (χ2v) is 8.77. The van der Waals surface area contributed by atoms with E-state index in [-0.39, 0.29) is 6.61 Å². The maximum absolute atomic E-state index is 10.9. The zero-order chi connectivity index (χ0) is 22.9. The normalized spacial score (nSPS) is 12.3. The van der Waals surface area contributed by atoms with E-state index in [1.165, 1.54) is 0 Å². The molecule has 0 aliphatic heterocycles. The van der Waals surface area contributed by atoms with E-state index >= 15 is 0 Å². The van der Waals surface area contributed by atoms with Crippen molar-refractivity contribution < 1.29 is 14.6 Å². The van der Waals surface area contributed by atoms with Crippen LogP contribution in [0.5, 0.6) is 5.75 Å². The molecule has 4 aromatic carbocycles. The molecule has 0 unspecified atom stereocenters. The van der Waals surface area contributed by atoms with Gasteiger partial charge < -0.3 is 14.6 Å². The van der Waals surface area contributed by atoms with E-state index in [0.717, 1.165) is 27.3 Å². The Bertz CT molecular complexity index is 1020. The number of thioether (sulfide) groups is 1. The summed E-state index contributed by atoms with van der Waals surface area (Å²) in [4.78, 5) is 1.000. The quantitative estimate of drug-likeness (QED) is 0.229. The van der Waals surface area contributed by atoms with Gasteiger partial charge in [-0.3, -0.25) is 0 Å². The molecule has 4 heteroatoms. The Morgan fingerprint density at radius 3 is 1.64 bits per heavy atom. The molecule has 0 spiro atoms. The minimum Gasteiger partial charge on any atom is -0.496 e. The van der Waals surface area contributed by atoms with Gasteiger partial charge in [0, 0.05) is 10.6 Å². The van der Waals surface area contributed by atoms with E-state index in [9.17, 15) is 5.11 Å². The van der Waals surface area contributed by atoms with Crippen LogP contribution in [0.2, 0.25) is 0 Å². The highest BCUT2D eigenvalue weighted by molar-refractivity contribution is 7.99. The van der Waals surface area contributed by atoms with Gasteiger partial charge in [0.25, 0.3) is 0 Å². The van der Waals surface area contributed by atoms with Gasteiger partial charge in [0.05, 0.1) is 19.8 Å². The zero-order valence-electron chi connectivity index (χ0n) is 18.6. The smallest absolute Gasteiger partial charge is 0.143 e. The molecule has 4 rings (SSSR count). The van der Waals surface area contributed by atoms with Crippen LogP contribution < -0.4 is 4.74 Å². The van der Waals surface area contributed by atoms with Crippen LogP contribution in [0.25, 0.3) is 0 Å². The van der Waals surface area contributed by atoms with Crippen molar-refractivity contribution in [1.29, 1.82) is 0 Å². The number of aliphatic hydroxyl groups is 1. The third kappa shape index (κ3) is 5.31. The summed E-state index contributed by atoms with van der Waals surface area (Å²) in [5, 5.41) is 10.9. The molecule has 0 aliphatic carbocycles. The maximum atomic E-state index is 10.9. The molecule has 0 fully saturated rings. The molecule has 33 heavy (non-hydrogen) atoms. The minimum absolute atomic E-state index is 0.181. The highest BCUT2D eigenvalue weighted by Gasteiger charge is 2.38. The molecule has 3 nitrogen and oxygen atoms in total. The van der Waals surface area contributed by atoms with Crippen LogP contribution in [0.3, 0.4) is 0 Å². The van der Waals surface area contributed by atoms with E-state index in [2.05, 4.69) is 36.4 Å². The van der Waals surface area contributed by atoms with Crippen LogP contribution in [0, 0.1) is 0 Å². The van der Waals surface area contributed by atoms with Crippen molar-refractivity contribution in [3.63, 3.8) is 0 Å². The molecule has 4 aromatic rings. The molecule has 0 aliphatic rings. The third-order valence-corrected chi connectivity index (χ3v) is 6.73. The second-order valence-electron chi connectivity index (χ2n) is 7.71. The summed E-state index contributed by atoms with van der Waals surface area (Å²) < 4.78 is 12.1. The SMILES string of the molecule is COc1ccccc1SC[C@@H](O)COC(c1ccccc1)(c1ccccc1)c1ccccc1. The van der Waals surface area contributed by atoms with Crippen molar-refractivity contribution in [3.8, 4) is 5.75 Å². The van der Waals surface area contributed by atoms with Crippen molar-refractivity contribution in [2.75, 3.05) is 19.5 Å². The Morgan fingerprint density at radius 1 is 0.697 bits per heavy atom. The molecule has 1 N–H and O–H groups in total. The first kappa shape index (κ1) is 23.1. The lowest BCUT2D eigenvalue weighted by Gasteiger charge is -2.36. The number of para-hydroxylation sites is 1.